The average Bonchev–Trinajstić information content (AvgIpc) is 2.60. The summed E-state index contributed by atoms with van der Waals surface area (Å²) < 4.78 is 19.5. The minimum Gasteiger partial charge on any atom is -0.394 e. The molecule has 0 atom stereocenters. The smallest absolute Gasteiger partial charge is 0.326 e. The summed E-state index contributed by atoms with van der Waals surface area (Å²) in [5, 5.41) is 8.54. The van der Waals surface area contributed by atoms with Crippen LogP contribution >= 0.6 is 0 Å². The molecule has 1 aromatic heterocycles. The van der Waals surface area contributed by atoms with Gasteiger partial charge in [-0.1, -0.05) is 0 Å². The van der Waals surface area contributed by atoms with Gasteiger partial charge in [0.05, 0.1) is 37.4 Å². The zero-order valence-corrected chi connectivity index (χ0v) is 9.15. The van der Waals surface area contributed by atoms with Crippen molar-refractivity contribution in [1.82, 2.24) is 9.55 Å². The molecule has 0 saturated carbocycles. The summed E-state index contributed by atoms with van der Waals surface area (Å²) in [6.45, 7) is 0.884. The molecule has 2 aromatic rings. The second-order valence-corrected chi connectivity index (χ2v) is 3.58. The highest BCUT2D eigenvalue weighted by atomic mass is 19.1. The molecule has 5 nitrogen and oxygen atoms in total. The van der Waals surface area contributed by atoms with Gasteiger partial charge in [0.2, 0.25) is 0 Å². The van der Waals surface area contributed by atoms with Crippen molar-refractivity contribution in [2.24, 2.45) is 0 Å². The van der Waals surface area contributed by atoms with Crippen LogP contribution in [-0.4, -0.2) is 34.5 Å². The van der Waals surface area contributed by atoms with Gasteiger partial charge in [-0.3, -0.25) is 4.57 Å². The third-order valence-electron chi connectivity index (χ3n) is 2.43. The van der Waals surface area contributed by atoms with Crippen LogP contribution in [0.2, 0.25) is 0 Å². The number of halogens is 1. The van der Waals surface area contributed by atoms with Gasteiger partial charge in [-0.15, -0.1) is 0 Å². The fourth-order valence-electron chi connectivity index (χ4n) is 1.68. The molecule has 0 unspecified atom stereocenters. The van der Waals surface area contributed by atoms with Gasteiger partial charge in [-0.05, 0) is 18.2 Å². The lowest BCUT2D eigenvalue weighted by molar-refractivity contribution is 0.0871. The maximum absolute atomic E-state index is 12.9. The van der Waals surface area contributed by atoms with E-state index in [2.05, 4.69) is 4.98 Å². The highest BCUT2D eigenvalue weighted by Gasteiger charge is 2.06. The third-order valence-corrected chi connectivity index (χ3v) is 2.43. The molecular weight excluding hydrogens is 227 g/mol. The Bertz CT molecular complexity index is 561. The molecule has 0 saturated heterocycles. The number of fused-ring (bicyclic) bond motifs is 1. The molecular formula is C11H13FN2O3. The number of aromatic nitrogens is 2. The highest BCUT2D eigenvalue weighted by molar-refractivity contribution is 5.75. The second kappa shape index (κ2) is 5.11. The maximum atomic E-state index is 12.9. The van der Waals surface area contributed by atoms with Crippen molar-refractivity contribution in [2.45, 2.75) is 6.54 Å². The maximum Gasteiger partial charge on any atom is 0.326 e. The summed E-state index contributed by atoms with van der Waals surface area (Å²) in [5.41, 5.74) is 0.819. The van der Waals surface area contributed by atoms with Crippen LogP contribution in [0, 0.1) is 5.82 Å². The molecule has 1 aromatic carbocycles. The first kappa shape index (κ1) is 11.8. The molecule has 0 aliphatic rings. The number of nitrogens with zero attached hydrogens (tertiary/aromatic N) is 1. The van der Waals surface area contributed by atoms with Crippen molar-refractivity contribution in [3.63, 3.8) is 0 Å². The molecule has 0 bridgehead atoms. The van der Waals surface area contributed by atoms with E-state index in [1.165, 1.54) is 16.7 Å². The van der Waals surface area contributed by atoms with Crippen LogP contribution < -0.4 is 5.69 Å². The van der Waals surface area contributed by atoms with Crippen molar-refractivity contribution in [1.29, 1.82) is 0 Å². The first-order valence-electron chi connectivity index (χ1n) is 5.29. The molecule has 17 heavy (non-hydrogen) atoms. The van der Waals surface area contributed by atoms with Gasteiger partial charge >= 0.3 is 5.69 Å². The lowest BCUT2D eigenvalue weighted by Crippen LogP contribution is -2.20. The van der Waals surface area contributed by atoms with Gasteiger partial charge in [-0.25, -0.2) is 9.18 Å². The standard InChI is InChI=1S/C11H13FN2O3/c12-8-1-2-10-9(7-8)13-11(16)14(10)3-5-17-6-4-15/h1-2,7,15H,3-6H2,(H,13,16). The minimum absolute atomic E-state index is 0.0476. The first-order valence-corrected chi connectivity index (χ1v) is 5.29. The number of aromatic amines is 1. The Morgan fingerprint density at radius 1 is 1.41 bits per heavy atom. The van der Waals surface area contributed by atoms with Gasteiger partial charge in [0.25, 0.3) is 0 Å². The van der Waals surface area contributed by atoms with Crippen LogP contribution in [0.25, 0.3) is 11.0 Å². The Balaban J connectivity index is 2.21. The average molecular weight is 240 g/mol. The highest BCUT2D eigenvalue weighted by Crippen LogP contribution is 2.11. The van der Waals surface area contributed by atoms with E-state index in [1.807, 2.05) is 0 Å². The van der Waals surface area contributed by atoms with Gasteiger partial charge in [0, 0.05) is 0 Å². The zero-order valence-electron chi connectivity index (χ0n) is 9.15. The fraction of sp³-hybridized carbons (Fsp3) is 0.364. The predicted octanol–water partition coefficient (Wildman–Crippen LogP) is 0.478. The summed E-state index contributed by atoms with van der Waals surface area (Å²) in [5.74, 6) is -0.387. The van der Waals surface area contributed by atoms with E-state index < -0.39 is 0 Å². The zero-order chi connectivity index (χ0) is 12.3. The Morgan fingerprint density at radius 3 is 3.00 bits per heavy atom. The molecule has 0 fully saturated rings. The molecule has 2 N–H and O–H groups in total. The van der Waals surface area contributed by atoms with E-state index in [4.69, 9.17) is 9.84 Å². The quantitative estimate of drug-likeness (QED) is 0.747. The van der Waals surface area contributed by atoms with E-state index in [-0.39, 0.29) is 24.7 Å². The Hall–Kier alpha value is -1.66. The SMILES string of the molecule is O=c1[nH]c2cc(F)ccc2n1CCOCCO. The van der Waals surface area contributed by atoms with Crippen molar-refractivity contribution in [2.75, 3.05) is 19.8 Å². The van der Waals surface area contributed by atoms with Crippen LogP contribution in [0.1, 0.15) is 0 Å². The Kier molecular flexibility index (Phi) is 3.55. The number of hydrogen-bond acceptors (Lipinski definition) is 3. The Labute approximate surface area is 96.4 Å². The normalized spacial score (nSPS) is 11.2. The summed E-state index contributed by atoms with van der Waals surface area (Å²) in [6.07, 6.45) is 0. The number of imidazole rings is 1. The van der Waals surface area contributed by atoms with Crippen LogP contribution in [0.4, 0.5) is 4.39 Å². The molecule has 0 amide bonds. The van der Waals surface area contributed by atoms with Crippen LogP contribution in [0.3, 0.4) is 0 Å². The molecule has 2 rings (SSSR count). The summed E-state index contributed by atoms with van der Waals surface area (Å²) >= 11 is 0. The van der Waals surface area contributed by atoms with Crippen LogP contribution in [0.15, 0.2) is 23.0 Å². The van der Waals surface area contributed by atoms with E-state index in [1.54, 1.807) is 6.07 Å². The van der Waals surface area contributed by atoms with E-state index in [0.717, 1.165) is 0 Å². The number of aliphatic hydroxyl groups excluding tert-OH is 1. The number of benzene rings is 1. The molecule has 0 aliphatic carbocycles. The second-order valence-electron chi connectivity index (χ2n) is 3.58. The van der Waals surface area contributed by atoms with Crippen molar-refractivity contribution in [3.8, 4) is 0 Å². The number of hydrogen-bond donors (Lipinski definition) is 2. The van der Waals surface area contributed by atoms with Crippen LogP contribution in [-0.2, 0) is 11.3 Å². The molecule has 0 radical (unpaired) electrons. The Morgan fingerprint density at radius 2 is 2.24 bits per heavy atom. The topological polar surface area (TPSA) is 67.2 Å². The van der Waals surface area contributed by atoms with Crippen molar-refractivity contribution < 1.29 is 14.2 Å². The fourth-order valence-corrected chi connectivity index (χ4v) is 1.68. The monoisotopic (exact) mass is 240 g/mol. The molecule has 1 heterocycles. The minimum atomic E-state index is -0.387. The predicted molar refractivity (Wildman–Crippen MR) is 60.4 cm³/mol. The number of aliphatic hydroxyl groups is 1. The molecule has 0 spiro atoms. The van der Waals surface area contributed by atoms with Crippen LogP contribution in [0.5, 0.6) is 0 Å². The van der Waals surface area contributed by atoms with Gasteiger partial charge in [-0.2, -0.15) is 0 Å². The van der Waals surface area contributed by atoms with E-state index in [9.17, 15) is 9.18 Å². The summed E-state index contributed by atoms with van der Waals surface area (Å²) in [6, 6.07) is 4.14. The van der Waals surface area contributed by atoms with E-state index in [0.29, 0.717) is 24.2 Å². The van der Waals surface area contributed by atoms with Gasteiger partial charge in [0.15, 0.2) is 0 Å². The molecule has 6 heteroatoms. The molecule has 92 valence electrons. The lowest BCUT2D eigenvalue weighted by Gasteiger charge is -2.03. The van der Waals surface area contributed by atoms with E-state index >= 15 is 0 Å². The number of nitrogens with one attached hydrogen (secondary N) is 1. The van der Waals surface area contributed by atoms with Crippen molar-refractivity contribution in [3.05, 3.63) is 34.5 Å². The number of rotatable bonds is 5. The first-order chi connectivity index (χ1) is 8.22. The van der Waals surface area contributed by atoms with Crippen molar-refractivity contribution >= 4 is 11.0 Å². The third kappa shape index (κ3) is 2.54. The lowest BCUT2D eigenvalue weighted by atomic mass is 10.3. The summed E-state index contributed by atoms with van der Waals surface area (Å²) in [4.78, 5) is 14.2. The number of H-pyrrole nitrogens is 1. The van der Waals surface area contributed by atoms with Gasteiger partial charge < -0.3 is 14.8 Å². The molecule has 0 aliphatic heterocycles. The largest absolute Gasteiger partial charge is 0.394 e. The van der Waals surface area contributed by atoms with Gasteiger partial charge in [0.1, 0.15) is 5.82 Å². The number of ether oxygens (including phenoxy) is 1. The summed E-state index contributed by atoms with van der Waals surface area (Å²) in [7, 11) is 0.